The number of anilines is 2. The van der Waals surface area contributed by atoms with Crippen molar-refractivity contribution >= 4 is 29.2 Å². The second-order valence-electron chi connectivity index (χ2n) is 7.08. The average molecular weight is 414 g/mol. The van der Waals surface area contributed by atoms with Crippen LogP contribution < -0.4 is 10.2 Å². The molecule has 1 heterocycles. The number of halogens is 1. The fourth-order valence-electron chi connectivity index (χ4n) is 3.56. The van der Waals surface area contributed by atoms with Gasteiger partial charge in [0.1, 0.15) is 5.82 Å². The van der Waals surface area contributed by atoms with Gasteiger partial charge in [0.25, 0.3) is 0 Å². The number of amides is 1. The highest BCUT2D eigenvalue weighted by molar-refractivity contribution is 6.04. The van der Waals surface area contributed by atoms with Crippen molar-refractivity contribution in [2.45, 2.75) is 25.8 Å². The molecule has 1 unspecified atom stereocenters. The number of esters is 2. The fraction of sp³-hybridized carbons (Fsp3) is 0.318. The van der Waals surface area contributed by atoms with Crippen LogP contribution in [0.3, 0.4) is 0 Å². The topological polar surface area (TPSA) is 84.9 Å². The Bertz CT molecular complexity index is 991. The maximum Gasteiger partial charge on any atom is 0.339 e. The summed E-state index contributed by atoms with van der Waals surface area (Å²) in [5.74, 6) is -1.93. The smallest absolute Gasteiger partial charge is 0.339 e. The Kier molecular flexibility index (Phi) is 6.34. The molecule has 0 fully saturated rings. The van der Waals surface area contributed by atoms with Crippen molar-refractivity contribution in [3.05, 3.63) is 58.9 Å². The average Bonchev–Trinajstić information content (AvgIpc) is 2.74. The molecule has 0 radical (unpaired) electrons. The SMILES string of the molecule is COC(=O)c1ccc(C(=O)OC)c(NC(=O)CN2c3ccc(F)cc3CCC2C)c1. The number of aryl methyl sites for hydroxylation is 1. The number of rotatable bonds is 5. The second-order valence-corrected chi connectivity index (χ2v) is 7.08. The first-order chi connectivity index (χ1) is 14.3. The molecule has 0 aliphatic carbocycles. The molecular weight excluding hydrogens is 391 g/mol. The Morgan fingerprint density at radius 2 is 1.83 bits per heavy atom. The molecule has 1 amide bonds. The summed E-state index contributed by atoms with van der Waals surface area (Å²) >= 11 is 0. The molecule has 1 atom stereocenters. The number of nitrogens with one attached hydrogen (secondary N) is 1. The minimum absolute atomic E-state index is 0.00284. The zero-order valence-corrected chi connectivity index (χ0v) is 17.0. The first kappa shape index (κ1) is 21.3. The third-order valence-electron chi connectivity index (χ3n) is 5.15. The molecule has 0 saturated heterocycles. The van der Waals surface area contributed by atoms with Gasteiger partial charge in [0, 0.05) is 11.7 Å². The van der Waals surface area contributed by atoms with Gasteiger partial charge in [-0.15, -0.1) is 0 Å². The van der Waals surface area contributed by atoms with Crippen LogP contribution in [0.2, 0.25) is 0 Å². The van der Waals surface area contributed by atoms with Gasteiger partial charge < -0.3 is 19.7 Å². The van der Waals surface area contributed by atoms with Gasteiger partial charge in [0.2, 0.25) is 5.91 Å². The van der Waals surface area contributed by atoms with E-state index in [0.717, 1.165) is 24.1 Å². The van der Waals surface area contributed by atoms with E-state index in [2.05, 4.69) is 5.32 Å². The van der Waals surface area contributed by atoms with Gasteiger partial charge in [-0.3, -0.25) is 4.79 Å². The maximum atomic E-state index is 13.6. The van der Waals surface area contributed by atoms with Crippen molar-refractivity contribution in [3.8, 4) is 0 Å². The van der Waals surface area contributed by atoms with E-state index in [0.29, 0.717) is 0 Å². The highest BCUT2D eigenvalue weighted by Gasteiger charge is 2.26. The number of nitrogens with zero attached hydrogens (tertiary/aromatic N) is 1. The van der Waals surface area contributed by atoms with E-state index in [1.807, 2.05) is 11.8 Å². The molecule has 7 nitrogen and oxygen atoms in total. The fourth-order valence-corrected chi connectivity index (χ4v) is 3.56. The van der Waals surface area contributed by atoms with E-state index >= 15 is 0 Å². The van der Waals surface area contributed by atoms with Crippen LogP contribution in [-0.2, 0) is 20.7 Å². The van der Waals surface area contributed by atoms with Crippen molar-refractivity contribution in [2.24, 2.45) is 0 Å². The van der Waals surface area contributed by atoms with Crippen LogP contribution in [0.25, 0.3) is 0 Å². The van der Waals surface area contributed by atoms with Crippen molar-refractivity contribution in [1.29, 1.82) is 0 Å². The summed E-state index contributed by atoms with van der Waals surface area (Å²) in [5, 5.41) is 2.69. The standard InChI is InChI=1S/C22H23FN2O5/c1-13-4-5-14-10-16(23)7-9-19(14)25(13)12-20(26)24-18-11-15(21(27)29-2)6-8-17(18)22(28)30-3/h6-11,13H,4-5,12H2,1-3H3,(H,24,26). The monoisotopic (exact) mass is 414 g/mol. The number of methoxy groups -OCH3 is 2. The Morgan fingerprint density at radius 3 is 2.53 bits per heavy atom. The Balaban J connectivity index is 1.85. The van der Waals surface area contributed by atoms with Gasteiger partial charge in [0.15, 0.2) is 0 Å². The molecule has 0 spiro atoms. The Morgan fingerprint density at radius 1 is 1.10 bits per heavy atom. The first-order valence-corrected chi connectivity index (χ1v) is 9.49. The van der Waals surface area contributed by atoms with E-state index in [1.54, 1.807) is 6.07 Å². The molecule has 8 heteroatoms. The molecule has 2 aromatic carbocycles. The molecule has 158 valence electrons. The molecule has 30 heavy (non-hydrogen) atoms. The normalized spacial score (nSPS) is 15.2. The molecule has 3 rings (SSSR count). The summed E-state index contributed by atoms with van der Waals surface area (Å²) in [4.78, 5) is 38.6. The molecule has 0 saturated carbocycles. The van der Waals surface area contributed by atoms with E-state index in [1.165, 1.54) is 44.6 Å². The van der Waals surface area contributed by atoms with Gasteiger partial charge >= 0.3 is 11.9 Å². The number of ether oxygens (including phenoxy) is 2. The lowest BCUT2D eigenvalue weighted by molar-refractivity contribution is -0.115. The van der Waals surface area contributed by atoms with Crippen LogP contribution >= 0.6 is 0 Å². The van der Waals surface area contributed by atoms with Crippen LogP contribution in [0.1, 0.15) is 39.6 Å². The molecule has 1 aliphatic heterocycles. The predicted molar refractivity (Wildman–Crippen MR) is 109 cm³/mol. The third-order valence-corrected chi connectivity index (χ3v) is 5.15. The molecule has 2 aromatic rings. The maximum absolute atomic E-state index is 13.6. The van der Waals surface area contributed by atoms with E-state index in [-0.39, 0.29) is 41.1 Å². The summed E-state index contributed by atoms with van der Waals surface area (Å²) < 4.78 is 23.0. The summed E-state index contributed by atoms with van der Waals surface area (Å²) in [5.41, 5.74) is 2.12. The lowest BCUT2D eigenvalue weighted by Crippen LogP contribution is -2.42. The third kappa shape index (κ3) is 4.42. The Labute approximate surface area is 173 Å². The number of fused-ring (bicyclic) bond motifs is 1. The van der Waals surface area contributed by atoms with E-state index < -0.39 is 11.9 Å². The summed E-state index contributed by atoms with van der Waals surface area (Å²) in [7, 11) is 2.47. The second kappa shape index (κ2) is 8.94. The molecule has 0 bridgehead atoms. The highest BCUT2D eigenvalue weighted by Crippen LogP contribution is 2.31. The first-order valence-electron chi connectivity index (χ1n) is 9.49. The number of carbonyl (C=O) groups excluding carboxylic acids is 3. The number of hydrogen-bond donors (Lipinski definition) is 1. The molecular formula is C22H23FN2O5. The van der Waals surface area contributed by atoms with Gasteiger partial charge in [-0.2, -0.15) is 0 Å². The van der Waals surface area contributed by atoms with Crippen molar-refractivity contribution < 1.29 is 28.2 Å². The lowest BCUT2D eigenvalue weighted by Gasteiger charge is -2.36. The predicted octanol–water partition coefficient (Wildman–Crippen LogP) is 3.18. The van der Waals surface area contributed by atoms with Crippen molar-refractivity contribution in [2.75, 3.05) is 31.0 Å². The lowest BCUT2D eigenvalue weighted by atomic mass is 9.96. The number of hydrogen-bond acceptors (Lipinski definition) is 6. The van der Waals surface area contributed by atoms with Gasteiger partial charge in [-0.25, -0.2) is 14.0 Å². The molecule has 0 aromatic heterocycles. The Hall–Kier alpha value is -3.42. The van der Waals surface area contributed by atoms with Crippen LogP contribution in [0, 0.1) is 5.82 Å². The van der Waals surface area contributed by atoms with E-state index in [4.69, 9.17) is 9.47 Å². The van der Waals surface area contributed by atoms with Crippen molar-refractivity contribution in [1.82, 2.24) is 0 Å². The van der Waals surface area contributed by atoms with Gasteiger partial charge in [-0.1, -0.05) is 0 Å². The largest absolute Gasteiger partial charge is 0.465 e. The van der Waals surface area contributed by atoms with Gasteiger partial charge in [0.05, 0.1) is 37.6 Å². The minimum atomic E-state index is -0.645. The van der Waals surface area contributed by atoms with Crippen LogP contribution in [0.4, 0.5) is 15.8 Å². The number of carbonyl (C=O) groups is 3. The van der Waals surface area contributed by atoms with E-state index in [9.17, 15) is 18.8 Å². The highest BCUT2D eigenvalue weighted by atomic mass is 19.1. The van der Waals surface area contributed by atoms with Crippen LogP contribution in [-0.4, -0.2) is 44.7 Å². The molecule has 1 aliphatic rings. The zero-order valence-electron chi connectivity index (χ0n) is 17.0. The van der Waals surface area contributed by atoms with Crippen LogP contribution in [0.5, 0.6) is 0 Å². The summed E-state index contributed by atoms with van der Waals surface area (Å²) in [6.07, 6.45) is 1.52. The molecule has 1 N–H and O–H groups in total. The summed E-state index contributed by atoms with van der Waals surface area (Å²) in [6, 6.07) is 8.80. The van der Waals surface area contributed by atoms with Gasteiger partial charge in [-0.05, 0) is 61.7 Å². The number of benzene rings is 2. The van der Waals surface area contributed by atoms with Crippen LogP contribution in [0.15, 0.2) is 36.4 Å². The minimum Gasteiger partial charge on any atom is -0.465 e. The summed E-state index contributed by atoms with van der Waals surface area (Å²) in [6.45, 7) is 2.00. The quantitative estimate of drug-likeness (QED) is 0.757. The zero-order chi connectivity index (χ0) is 21.8. The van der Waals surface area contributed by atoms with Crippen molar-refractivity contribution in [3.63, 3.8) is 0 Å².